The zero-order valence-electron chi connectivity index (χ0n) is 12.6. The number of allylic oxidation sites excluding steroid dienone is 2. The molecule has 4 nitrogen and oxygen atoms in total. The Morgan fingerprint density at radius 3 is 2.57 bits per heavy atom. The number of pyridine rings is 1. The Bertz CT molecular complexity index is 1030. The van der Waals surface area contributed by atoms with Crippen LogP contribution in [0.25, 0.3) is 27.9 Å². The van der Waals surface area contributed by atoms with E-state index in [4.69, 9.17) is 5.11 Å². The first-order valence-electron chi connectivity index (χ1n) is 7.17. The minimum atomic E-state index is -0.984. The number of carboxylic acids is 1. The van der Waals surface area contributed by atoms with Gasteiger partial charge in [-0.05, 0) is 29.8 Å². The largest absolute Gasteiger partial charge is 0.478 e. The third-order valence-electron chi connectivity index (χ3n) is 3.78. The molecule has 0 amide bonds. The maximum absolute atomic E-state index is 12.6. The van der Waals surface area contributed by atoms with Crippen LogP contribution in [0.1, 0.15) is 5.56 Å². The smallest absolute Gasteiger partial charge is 0.328 e. The Kier molecular flexibility index (Phi) is 3.81. The predicted octanol–water partition coefficient (Wildman–Crippen LogP) is 3.35. The normalized spacial score (nSPS) is 11.9. The molecule has 1 N–H and O–H groups in total. The lowest BCUT2D eigenvalue weighted by Crippen LogP contribution is -2.08. The van der Waals surface area contributed by atoms with Crippen LogP contribution in [0.2, 0.25) is 0 Å². The number of hydrogen-bond donors (Lipinski definition) is 1. The first-order valence-corrected chi connectivity index (χ1v) is 7.17. The standard InChI is InChI=1S/C19H15NO3/c1-20-16-8-4-3-7-14(16)19(23)15-11-10-13(12-17(15)20)6-2-5-9-18(21)22/h2-12H,1H3,(H,21,22)/b6-2+,9-5+. The molecule has 3 rings (SSSR count). The minimum absolute atomic E-state index is 0.0232. The first-order chi connectivity index (χ1) is 11.1. The van der Waals surface area contributed by atoms with Gasteiger partial charge < -0.3 is 9.67 Å². The number of aliphatic carboxylic acids is 1. The van der Waals surface area contributed by atoms with Gasteiger partial charge in [0.15, 0.2) is 5.43 Å². The summed E-state index contributed by atoms with van der Waals surface area (Å²) in [6, 6.07) is 13.1. The maximum Gasteiger partial charge on any atom is 0.328 e. The van der Waals surface area contributed by atoms with E-state index in [2.05, 4.69) is 0 Å². The van der Waals surface area contributed by atoms with Crippen LogP contribution in [-0.4, -0.2) is 15.6 Å². The van der Waals surface area contributed by atoms with Crippen molar-refractivity contribution in [1.29, 1.82) is 0 Å². The fraction of sp³-hybridized carbons (Fsp3) is 0.0526. The summed E-state index contributed by atoms with van der Waals surface area (Å²) in [4.78, 5) is 23.0. The van der Waals surface area contributed by atoms with Crippen LogP contribution in [0, 0.1) is 0 Å². The molecular weight excluding hydrogens is 290 g/mol. The van der Waals surface area contributed by atoms with Gasteiger partial charge in [-0.1, -0.05) is 36.4 Å². The van der Waals surface area contributed by atoms with E-state index in [1.54, 1.807) is 12.2 Å². The molecule has 0 aliphatic heterocycles. The number of carbonyl (C=O) groups is 1. The van der Waals surface area contributed by atoms with Gasteiger partial charge in [0.25, 0.3) is 0 Å². The molecule has 0 spiro atoms. The van der Waals surface area contributed by atoms with Crippen LogP contribution in [0.15, 0.2) is 65.5 Å². The van der Waals surface area contributed by atoms with Crippen LogP contribution < -0.4 is 5.43 Å². The molecule has 0 aliphatic rings. The number of rotatable bonds is 3. The van der Waals surface area contributed by atoms with E-state index in [9.17, 15) is 9.59 Å². The fourth-order valence-corrected chi connectivity index (χ4v) is 2.66. The number of benzene rings is 2. The van der Waals surface area contributed by atoms with Gasteiger partial charge in [-0.25, -0.2) is 4.79 Å². The number of aromatic nitrogens is 1. The van der Waals surface area contributed by atoms with Gasteiger partial charge in [-0.15, -0.1) is 0 Å². The van der Waals surface area contributed by atoms with Crippen LogP contribution in [0.4, 0.5) is 0 Å². The summed E-state index contributed by atoms with van der Waals surface area (Å²) in [6.07, 6.45) is 6.00. The summed E-state index contributed by atoms with van der Waals surface area (Å²) in [7, 11) is 1.93. The lowest BCUT2D eigenvalue weighted by molar-refractivity contribution is -0.131. The summed E-state index contributed by atoms with van der Waals surface area (Å²) in [5.74, 6) is -0.984. The molecule has 0 unspecified atom stereocenters. The van der Waals surface area contributed by atoms with Crippen molar-refractivity contribution in [3.8, 4) is 0 Å². The molecule has 0 saturated heterocycles. The van der Waals surface area contributed by atoms with Crippen molar-refractivity contribution in [2.75, 3.05) is 0 Å². The molecule has 0 saturated carbocycles. The van der Waals surface area contributed by atoms with E-state index in [1.165, 1.54) is 6.08 Å². The van der Waals surface area contributed by atoms with Gasteiger partial charge in [0, 0.05) is 23.9 Å². The van der Waals surface area contributed by atoms with Crippen molar-refractivity contribution < 1.29 is 9.90 Å². The Morgan fingerprint density at radius 1 is 1.04 bits per heavy atom. The highest BCUT2D eigenvalue weighted by Gasteiger charge is 2.08. The molecule has 0 bridgehead atoms. The van der Waals surface area contributed by atoms with Crippen LogP contribution in [0.5, 0.6) is 0 Å². The summed E-state index contributed by atoms with van der Waals surface area (Å²) in [6.45, 7) is 0. The number of aryl methyl sites for hydroxylation is 1. The average Bonchev–Trinajstić information content (AvgIpc) is 2.56. The Morgan fingerprint density at radius 2 is 1.78 bits per heavy atom. The zero-order valence-corrected chi connectivity index (χ0v) is 12.6. The van der Waals surface area contributed by atoms with E-state index in [0.717, 1.165) is 22.7 Å². The molecule has 114 valence electrons. The van der Waals surface area contributed by atoms with Gasteiger partial charge in [0.2, 0.25) is 0 Å². The molecule has 3 aromatic rings. The van der Waals surface area contributed by atoms with Gasteiger partial charge in [0.1, 0.15) is 0 Å². The summed E-state index contributed by atoms with van der Waals surface area (Å²) < 4.78 is 2.00. The molecule has 2 aromatic carbocycles. The molecular formula is C19H15NO3. The summed E-state index contributed by atoms with van der Waals surface area (Å²) >= 11 is 0. The Hall–Kier alpha value is -3.14. The van der Waals surface area contributed by atoms with Gasteiger partial charge >= 0.3 is 5.97 Å². The molecule has 0 fully saturated rings. The number of carboxylic acid groups (broad SMARTS) is 1. The second kappa shape index (κ2) is 5.93. The van der Waals surface area contributed by atoms with Crippen molar-refractivity contribution in [2.24, 2.45) is 7.05 Å². The fourth-order valence-electron chi connectivity index (χ4n) is 2.66. The Balaban J connectivity index is 2.16. The number of para-hydroxylation sites is 1. The SMILES string of the molecule is Cn1c2ccccc2c(=O)c2ccc(/C=C/C=C/C(=O)O)cc21. The van der Waals surface area contributed by atoms with Crippen LogP contribution in [-0.2, 0) is 11.8 Å². The van der Waals surface area contributed by atoms with E-state index < -0.39 is 5.97 Å². The monoisotopic (exact) mass is 305 g/mol. The van der Waals surface area contributed by atoms with Crippen LogP contribution >= 0.6 is 0 Å². The van der Waals surface area contributed by atoms with Crippen molar-refractivity contribution in [2.45, 2.75) is 0 Å². The molecule has 23 heavy (non-hydrogen) atoms. The molecule has 0 atom stereocenters. The second-order valence-electron chi connectivity index (χ2n) is 5.24. The van der Waals surface area contributed by atoms with Crippen molar-refractivity contribution in [3.05, 3.63) is 76.5 Å². The topological polar surface area (TPSA) is 59.3 Å². The van der Waals surface area contributed by atoms with E-state index in [-0.39, 0.29) is 5.43 Å². The second-order valence-corrected chi connectivity index (χ2v) is 5.24. The van der Waals surface area contributed by atoms with Crippen molar-refractivity contribution in [3.63, 3.8) is 0 Å². The first kappa shape index (κ1) is 14.8. The van der Waals surface area contributed by atoms with Crippen LogP contribution in [0.3, 0.4) is 0 Å². The molecule has 4 heteroatoms. The highest BCUT2D eigenvalue weighted by atomic mass is 16.4. The third kappa shape index (κ3) is 2.79. The number of nitrogens with zero attached hydrogens (tertiary/aromatic N) is 1. The average molecular weight is 305 g/mol. The van der Waals surface area contributed by atoms with Gasteiger partial charge in [0.05, 0.1) is 11.0 Å². The maximum atomic E-state index is 12.6. The lowest BCUT2D eigenvalue weighted by atomic mass is 10.1. The number of fused-ring (bicyclic) bond motifs is 2. The molecule has 1 aromatic heterocycles. The summed E-state index contributed by atoms with van der Waals surface area (Å²) in [5, 5.41) is 9.94. The quantitative estimate of drug-likeness (QED) is 0.458. The van der Waals surface area contributed by atoms with E-state index >= 15 is 0 Å². The lowest BCUT2D eigenvalue weighted by Gasteiger charge is -2.10. The molecule has 0 radical (unpaired) electrons. The molecule has 1 heterocycles. The van der Waals surface area contributed by atoms with E-state index in [0.29, 0.717) is 10.8 Å². The summed E-state index contributed by atoms with van der Waals surface area (Å²) in [5.41, 5.74) is 2.66. The molecule has 0 aliphatic carbocycles. The van der Waals surface area contributed by atoms with E-state index in [1.807, 2.05) is 54.1 Å². The van der Waals surface area contributed by atoms with Crippen molar-refractivity contribution in [1.82, 2.24) is 4.57 Å². The van der Waals surface area contributed by atoms with Gasteiger partial charge in [-0.3, -0.25) is 4.79 Å². The highest BCUT2D eigenvalue weighted by molar-refractivity contribution is 5.94. The zero-order chi connectivity index (χ0) is 16.4. The van der Waals surface area contributed by atoms with Gasteiger partial charge in [-0.2, -0.15) is 0 Å². The van der Waals surface area contributed by atoms with Crippen molar-refractivity contribution >= 4 is 33.9 Å². The predicted molar refractivity (Wildman–Crippen MR) is 92.5 cm³/mol. The highest BCUT2D eigenvalue weighted by Crippen LogP contribution is 2.19. The third-order valence-corrected chi connectivity index (χ3v) is 3.78. The number of hydrogen-bond acceptors (Lipinski definition) is 2. The minimum Gasteiger partial charge on any atom is -0.478 e. The Labute approximate surface area is 132 Å².